The molecule has 29 heavy (non-hydrogen) atoms. The molecule has 2 aliphatic rings. The number of halogens is 3. The quantitative estimate of drug-likeness (QED) is 0.761. The van der Waals surface area contributed by atoms with Gasteiger partial charge in [0.1, 0.15) is 11.9 Å². The summed E-state index contributed by atoms with van der Waals surface area (Å²) in [6, 6.07) is 4.31. The first-order valence-electron chi connectivity index (χ1n) is 9.21. The molecule has 3 rings (SSSR count). The maximum absolute atomic E-state index is 13.0. The van der Waals surface area contributed by atoms with Gasteiger partial charge in [0.25, 0.3) is 0 Å². The number of benzene rings is 1. The maximum atomic E-state index is 13.0. The molecule has 1 N–H and O–H groups in total. The van der Waals surface area contributed by atoms with Gasteiger partial charge in [-0.3, -0.25) is 4.79 Å². The molecule has 0 spiro atoms. The number of carboxylic acids is 1. The van der Waals surface area contributed by atoms with Crippen LogP contribution in [0.5, 0.6) is 5.75 Å². The van der Waals surface area contributed by atoms with E-state index in [1.165, 1.54) is 16.4 Å². The Morgan fingerprint density at radius 2 is 1.69 bits per heavy atom. The van der Waals surface area contributed by atoms with Gasteiger partial charge in [0.15, 0.2) is 4.75 Å². The highest BCUT2D eigenvalue weighted by atomic mass is 32.2. The first-order valence-corrected chi connectivity index (χ1v) is 10.6. The van der Waals surface area contributed by atoms with Crippen LogP contribution in [0.3, 0.4) is 0 Å². The molecule has 7 nitrogen and oxygen atoms in total. The Morgan fingerprint density at radius 1 is 1.14 bits per heavy atom. The van der Waals surface area contributed by atoms with Crippen molar-refractivity contribution in [3.05, 3.63) is 29.8 Å². The summed E-state index contributed by atoms with van der Waals surface area (Å²) in [6.07, 6.45) is -4.38. The normalized spacial score (nSPS) is 21.6. The summed E-state index contributed by atoms with van der Waals surface area (Å²) in [5.41, 5.74) is -0.777. The second-order valence-electron chi connectivity index (χ2n) is 7.16. The number of aliphatic carboxylic acids is 1. The van der Waals surface area contributed by atoms with Crippen molar-refractivity contribution in [1.82, 2.24) is 4.31 Å². The van der Waals surface area contributed by atoms with E-state index in [1.807, 2.05) is 0 Å². The van der Waals surface area contributed by atoms with Crippen molar-refractivity contribution in [2.75, 3.05) is 26.3 Å². The van der Waals surface area contributed by atoms with Crippen molar-refractivity contribution in [2.24, 2.45) is 0 Å². The number of ether oxygens (including phenoxy) is 2. The minimum Gasteiger partial charge on any atom is -0.490 e. The molecule has 0 unspecified atom stereocenters. The smallest absolute Gasteiger partial charge is 0.416 e. The van der Waals surface area contributed by atoms with Crippen molar-refractivity contribution in [1.29, 1.82) is 0 Å². The number of nitrogens with zero attached hydrogens (tertiary/aromatic N) is 1. The maximum Gasteiger partial charge on any atom is 0.416 e. The number of alkyl halides is 3. The molecule has 1 aromatic rings. The zero-order valence-corrected chi connectivity index (χ0v) is 16.3. The molecule has 162 valence electrons. The van der Waals surface area contributed by atoms with Crippen LogP contribution < -0.4 is 4.74 Å². The lowest BCUT2D eigenvalue weighted by atomic mass is 9.99. The van der Waals surface area contributed by atoms with E-state index in [0.717, 1.165) is 12.1 Å². The van der Waals surface area contributed by atoms with Crippen LogP contribution in [0.25, 0.3) is 0 Å². The van der Waals surface area contributed by atoms with Crippen LogP contribution in [0.4, 0.5) is 13.2 Å². The highest BCUT2D eigenvalue weighted by Crippen LogP contribution is 2.35. The van der Waals surface area contributed by atoms with Crippen molar-refractivity contribution in [2.45, 2.75) is 42.7 Å². The van der Waals surface area contributed by atoms with Gasteiger partial charge in [0.2, 0.25) is 10.0 Å². The first kappa shape index (κ1) is 21.8. The minimum atomic E-state index is -4.43. The third kappa shape index (κ3) is 4.36. The number of sulfonamides is 1. The lowest BCUT2D eigenvalue weighted by molar-refractivity contribution is -0.143. The van der Waals surface area contributed by atoms with E-state index >= 15 is 0 Å². The van der Waals surface area contributed by atoms with Crippen molar-refractivity contribution in [3.63, 3.8) is 0 Å². The predicted molar refractivity (Wildman–Crippen MR) is 96.0 cm³/mol. The van der Waals surface area contributed by atoms with Gasteiger partial charge in [-0.05, 0) is 37.1 Å². The van der Waals surface area contributed by atoms with Crippen LogP contribution in [0, 0.1) is 0 Å². The number of piperidine rings is 1. The standard InChI is InChI=1S/C18H22F3NO6S/c19-18(20,21)13-1-3-14(4-2-13)28-15-5-9-22(10-6-15)29(25,26)17(16(23)24)7-11-27-12-8-17/h1-4,15H,5-12H2,(H,23,24). The molecule has 2 heterocycles. The van der Waals surface area contributed by atoms with Crippen LogP contribution in [0.1, 0.15) is 31.2 Å². The number of hydrogen-bond acceptors (Lipinski definition) is 5. The average Bonchev–Trinajstić information content (AvgIpc) is 2.68. The van der Waals surface area contributed by atoms with E-state index < -0.39 is 32.5 Å². The molecular weight excluding hydrogens is 415 g/mol. The van der Waals surface area contributed by atoms with Gasteiger partial charge in [-0.1, -0.05) is 0 Å². The van der Waals surface area contributed by atoms with Crippen LogP contribution in [-0.2, 0) is 25.7 Å². The Morgan fingerprint density at radius 3 is 2.17 bits per heavy atom. The molecule has 1 aromatic carbocycles. The monoisotopic (exact) mass is 437 g/mol. The molecule has 0 amide bonds. The zero-order chi connectivity index (χ0) is 21.3. The lowest BCUT2D eigenvalue weighted by Gasteiger charge is -2.39. The van der Waals surface area contributed by atoms with E-state index in [4.69, 9.17) is 9.47 Å². The molecule has 2 fully saturated rings. The summed E-state index contributed by atoms with van der Waals surface area (Å²) in [7, 11) is -4.09. The summed E-state index contributed by atoms with van der Waals surface area (Å²) in [6.45, 7) is 0.311. The lowest BCUT2D eigenvalue weighted by Crippen LogP contribution is -2.58. The Bertz CT molecular complexity index is 826. The highest BCUT2D eigenvalue weighted by Gasteiger charge is 2.54. The Kier molecular flexibility index (Phi) is 6.11. The summed E-state index contributed by atoms with van der Waals surface area (Å²) in [5, 5.41) is 9.62. The van der Waals surface area contributed by atoms with Gasteiger partial charge < -0.3 is 14.6 Å². The van der Waals surface area contributed by atoms with Crippen molar-refractivity contribution in [3.8, 4) is 5.75 Å². The molecule has 0 radical (unpaired) electrons. The van der Waals surface area contributed by atoms with Crippen LogP contribution in [0.2, 0.25) is 0 Å². The fourth-order valence-corrected chi connectivity index (χ4v) is 5.72. The molecular formula is C18H22F3NO6S. The van der Waals surface area contributed by atoms with Crippen LogP contribution in [0.15, 0.2) is 24.3 Å². The van der Waals surface area contributed by atoms with Gasteiger partial charge in [0, 0.05) is 39.1 Å². The largest absolute Gasteiger partial charge is 0.490 e. The molecule has 2 saturated heterocycles. The molecule has 0 atom stereocenters. The Labute approximate surface area is 166 Å². The molecule has 11 heteroatoms. The Balaban J connectivity index is 1.63. The summed E-state index contributed by atoms with van der Waals surface area (Å²) in [5.74, 6) is -1.10. The van der Waals surface area contributed by atoms with Crippen molar-refractivity contribution >= 4 is 16.0 Å². The minimum absolute atomic E-state index is 0.0685. The first-order chi connectivity index (χ1) is 13.6. The summed E-state index contributed by atoms with van der Waals surface area (Å²) >= 11 is 0. The third-order valence-electron chi connectivity index (χ3n) is 5.41. The van der Waals surface area contributed by atoms with Gasteiger partial charge in [-0.2, -0.15) is 13.2 Å². The van der Waals surface area contributed by atoms with Gasteiger partial charge in [0.05, 0.1) is 5.56 Å². The zero-order valence-electron chi connectivity index (χ0n) is 15.5. The van der Waals surface area contributed by atoms with E-state index in [0.29, 0.717) is 12.8 Å². The van der Waals surface area contributed by atoms with E-state index in [1.54, 1.807) is 0 Å². The van der Waals surface area contributed by atoms with Gasteiger partial charge in [-0.25, -0.2) is 12.7 Å². The van der Waals surface area contributed by atoms with E-state index in [9.17, 15) is 31.5 Å². The summed E-state index contributed by atoms with van der Waals surface area (Å²) < 4.78 is 74.1. The van der Waals surface area contributed by atoms with Gasteiger partial charge in [-0.15, -0.1) is 0 Å². The topological polar surface area (TPSA) is 93.1 Å². The van der Waals surface area contributed by atoms with Crippen LogP contribution >= 0.6 is 0 Å². The fourth-order valence-electron chi connectivity index (χ4n) is 3.64. The van der Waals surface area contributed by atoms with E-state index in [-0.39, 0.29) is 51.0 Å². The number of rotatable bonds is 5. The molecule has 0 aromatic heterocycles. The third-order valence-corrected chi connectivity index (χ3v) is 8.02. The highest BCUT2D eigenvalue weighted by molar-refractivity contribution is 7.91. The molecule has 0 bridgehead atoms. The van der Waals surface area contributed by atoms with Crippen LogP contribution in [-0.4, -0.2) is 61.0 Å². The molecule has 0 aliphatic carbocycles. The SMILES string of the molecule is O=C(O)C1(S(=O)(=O)N2CCC(Oc3ccc(C(F)(F)F)cc3)CC2)CCOCC1. The average molecular weight is 437 g/mol. The van der Waals surface area contributed by atoms with Gasteiger partial charge >= 0.3 is 12.1 Å². The predicted octanol–water partition coefficient (Wildman–Crippen LogP) is 2.51. The Hall–Kier alpha value is -1.85. The van der Waals surface area contributed by atoms with Crippen molar-refractivity contribution < 1.29 is 41.0 Å². The molecule has 0 saturated carbocycles. The second-order valence-corrected chi connectivity index (χ2v) is 9.40. The second kappa shape index (κ2) is 8.11. The summed E-state index contributed by atoms with van der Waals surface area (Å²) in [4.78, 5) is 11.8. The number of carbonyl (C=O) groups is 1. The number of carboxylic acid groups (broad SMARTS) is 1. The molecule has 2 aliphatic heterocycles. The number of hydrogen-bond donors (Lipinski definition) is 1. The fraction of sp³-hybridized carbons (Fsp3) is 0.611. The van der Waals surface area contributed by atoms with E-state index in [2.05, 4.69) is 0 Å².